The highest BCUT2D eigenvalue weighted by atomic mass is 32.1. The molecule has 26 heavy (non-hydrogen) atoms. The molecular weight excluding hydrogens is 369 g/mol. The van der Waals surface area contributed by atoms with Crippen LogP contribution in [0.2, 0.25) is 0 Å². The van der Waals surface area contributed by atoms with Crippen molar-refractivity contribution in [3.05, 3.63) is 47.0 Å². The van der Waals surface area contributed by atoms with Gasteiger partial charge in [0.1, 0.15) is 11.4 Å². The highest BCUT2D eigenvalue weighted by Crippen LogP contribution is 2.39. The third-order valence-corrected chi connectivity index (χ3v) is 4.37. The Kier molecular flexibility index (Phi) is 4.36. The summed E-state index contributed by atoms with van der Waals surface area (Å²) >= 11 is 1.24. The first-order valence-electron chi connectivity index (χ1n) is 7.24. The molecule has 6 nitrogen and oxygen atoms in total. The van der Waals surface area contributed by atoms with Gasteiger partial charge < -0.3 is 15.5 Å². The van der Waals surface area contributed by atoms with Crippen molar-refractivity contribution in [3.8, 4) is 10.8 Å². The number of rotatable bonds is 3. The van der Waals surface area contributed by atoms with Crippen molar-refractivity contribution in [1.29, 1.82) is 5.41 Å². The third-order valence-electron chi connectivity index (χ3n) is 3.63. The standard InChI is InChI=1S/C16H13F3N4O2S/c1-23(15(20)21)14(24)12-7-9-10(16(17,18)19)5-8(6-11(9)22-12)25-13-3-2-4-26-13/h2-7,22H,1H3,(H3,20,21). The molecule has 3 aromatic rings. The Morgan fingerprint density at radius 1 is 1.35 bits per heavy atom. The molecule has 10 heteroatoms. The number of amides is 1. The number of ether oxygens (including phenoxy) is 1. The minimum Gasteiger partial charge on any atom is -0.447 e. The van der Waals surface area contributed by atoms with Crippen LogP contribution in [0, 0.1) is 5.41 Å². The number of thiophene rings is 1. The zero-order valence-electron chi connectivity index (χ0n) is 13.3. The number of alkyl halides is 3. The molecule has 2 aromatic heterocycles. The summed E-state index contributed by atoms with van der Waals surface area (Å²) in [7, 11) is 1.26. The van der Waals surface area contributed by atoms with Gasteiger partial charge in [0, 0.05) is 18.5 Å². The summed E-state index contributed by atoms with van der Waals surface area (Å²) in [6.45, 7) is 0. The van der Waals surface area contributed by atoms with Crippen molar-refractivity contribution in [2.45, 2.75) is 6.18 Å². The van der Waals surface area contributed by atoms with Gasteiger partial charge in [-0.15, -0.1) is 11.3 Å². The van der Waals surface area contributed by atoms with E-state index in [2.05, 4.69) is 4.98 Å². The number of guanidine groups is 1. The number of hydrogen-bond acceptors (Lipinski definition) is 4. The number of hydrogen-bond donors (Lipinski definition) is 3. The number of nitrogens with one attached hydrogen (secondary N) is 2. The maximum Gasteiger partial charge on any atom is 0.417 e. The molecule has 4 N–H and O–H groups in total. The number of carbonyl (C=O) groups excluding carboxylic acids is 1. The van der Waals surface area contributed by atoms with Gasteiger partial charge in [-0.05, 0) is 29.6 Å². The van der Waals surface area contributed by atoms with Crippen LogP contribution in [-0.2, 0) is 6.18 Å². The lowest BCUT2D eigenvalue weighted by molar-refractivity contribution is -0.136. The Labute approximate surface area is 149 Å². The van der Waals surface area contributed by atoms with E-state index in [-0.39, 0.29) is 22.3 Å². The summed E-state index contributed by atoms with van der Waals surface area (Å²) in [5.41, 5.74) is 4.29. The normalized spacial score (nSPS) is 11.5. The topological polar surface area (TPSA) is 95.2 Å². The Hall–Kier alpha value is -3.01. The molecule has 3 rings (SSSR count). The number of aromatic nitrogens is 1. The van der Waals surface area contributed by atoms with E-state index in [1.165, 1.54) is 24.5 Å². The van der Waals surface area contributed by atoms with Crippen LogP contribution in [0.25, 0.3) is 10.9 Å². The number of nitrogens with two attached hydrogens (primary N) is 1. The molecule has 0 aliphatic heterocycles. The fraction of sp³-hybridized carbons (Fsp3) is 0.125. The average Bonchev–Trinajstić information content (AvgIpc) is 3.20. The van der Waals surface area contributed by atoms with Crippen LogP contribution in [0.5, 0.6) is 10.8 Å². The first kappa shape index (κ1) is 17.8. The minimum absolute atomic E-state index is 0.00644. The van der Waals surface area contributed by atoms with Gasteiger partial charge in [0.2, 0.25) is 0 Å². The van der Waals surface area contributed by atoms with E-state index in [4.69, 9.17) is 15.9 Å². The van der Waals surface area contributed by atoms with E-state index < -0.39 is 23.6 Å². The van der Waals surface area contributed by atoms with Crippen LogP contribution in [0.1, 0.15) is 16.1 Å². The lowest BCUT2D eigenvalue weighted by atomic mass is 10.1. The minimum atomic E-state index is -4.64. The predicted octanol–water partition coefficient (Wildman–Crippen LogP) is 4.01. The quantitative estimate of drug-likeness (QED) is 0.472. The van der Waals surface area contributed by atoms with Crippen molar-refractivity contribution < 1.29 is 22.7 Å². The van der Waals surface area contributed by atoms with Gasteiger partial charge in [-0.25, -0.2) is 0 Å². The fourth-order valence-corrected chi connectivity index (χ4v) is 2.94. The summed E-state index contributed by atoms with van der Waals surface area (Å²) in [6.07, 6.45) is -4.64. The second kappa shape index (κ2) is 6.37. The molecular formula is C16H13F3N4O2S. The van der Waals surface area contributed by atoms with Gasteiger partial charge in [0.15, 0.2) is 11.0 Å². The predicted molar refractivity (Wildman–Crippen MR) is 91.7 cm³/mol. The van der Waals surface area contributed by atoms with Crippen molar-refractivity contribution in [1.82, 2.24) is 9.88 Å². The second-order valence-corrected chi connectivity index (χ2v) is 6.31. The molecule has 136 valence electrons. The maximum atomic E-state index is 13.5. The van der Waals surface area contributed by atoms with Gasteiger partial charge in [-0.2, -0.15) is 13.2 Å². The van der Waals surface area contributed by atoms with E-state index in [1.54, 1.807) is 17.5 Å². The molecule has 0 bridgehead atoms. The Morgan fingerprint density at radius 2 is 2.08 bits per heavy atom. The monoisotopic (exact) mass is 382 g/mol. The maximum absolute atomic E-state index is 13.5. The first-order chi connectivity index (χ1) is 12.2. The molecule has 0 saturated heterocycles. The summed E-state index contributed by atoms with van der Waals surface area (Å²) in [6, 6.07) is 6.71. The van der Waals surface area contributed by atoms with Crippen LogP contribution in [-0.4, -0.2) is 28.8 Å². The van der Waals surface area contributed by atoms with E-state index in [0.29, 0.717) is 5.06 Å². The van der Waals surface area contributed by atoms with Gasteiger partial charge in [0.25, 0.3) is 5.91 Å². The molecule has 0 saturated carbocycles. The van der Waals surface area contributed by atoms with Crippen LogP contribution in [0.15, 0.2) is 35.7 Å². The number of H-pyrrole nitrogens is 1. The van der Waals surface area contributed by atoms with Crippen molar-refractivity contribution >= 4 is 34.1 Å². The average molecular weight is 382 g/mol. The number of nitrogens with zero attached hydrogens (tertiary/aromatic N) is 1. The van der Waals surface area contributed by atoms with Crippen LogP contribution < -0.4 is 10.5 Å². The van der Waals surface area contributed by atoms with Crippen molar-refractivity contribution in [2.24, 2.45) is 5.73 Å². The smallest absolute Gasteiger partial charge is 0.417 e. The van der Waals surface area contributed by atoms with Crippen LogP contribution in [0.4, 0.5) is 13.2 Å². The fourth-order valence-electron chi connectivity index (χ4n) is 2.35. The molecule has 0 radical (unpaired) electrons. The van der Waals surface area contributed by atoms with Gasteiger partial charge >= 0.3 is 6.18 Å². The summed E-state index contributed by atoms with van der Waals surface area (Å²) in [5.74, 6) is -1.25. The number of aromatic amines is 1. The van der Waals surface area contributed by atoms with Crippen LogP contribution in [0.3, 0.4) is 0 Å². The summed E-state index contributed by atoms with van der Waals surface area (Å²) in [4.78, 5) is 15.7. The number of halogens is 3. The molecule has 1 amide bonds. The molecule has 0 atom stereocenters. The zero-order chi connectivity index (χ0) is 19.1. The van der Waals surface area contributed by atoms with Gasteiger partial charge in [-0.3, -0.25) is 15.1 Å². The van der Waals surface area contributed by atoms with E-state index in [1.807, 2.05) is 0 Å². The molecule has 0 aliphatic carbocycles. The number of carbonyl (C=O) groups is 1. The number of fused-ring (bicyclic) bond motifs is 1. The van der Waals surface area contributed by atoms with Gasteiger partial charge in [0.05, 0.1) is 11.1 Å². The molecule has 2 heterocycles. The lowest BCUT2D eigenvalue weighted by Gasteiger charge is -2.12. The Bertz CT molecular complexity index is 979. The highest BCUT2D eigenvalue weighted by Gasteiger charge is 2.34. The SMILES string of the molecule is CN(C(=N)N)C(=O)c1cc2c(C(F)(F)F)cc(Oc3cccs3)cc2[nH]1. The third kappa shape index (κ3) is 3.36. The van der Waals surface area contributed by atoms with E-state index in [0.717, 1.165) is 17.0 Å². The Morgan fingerprint density at radius 3 is 2.65 bits per heavy atom. The molecule has 0 spiro atoms. The zero-order valence-corrected chi connectivity index (χ0v) is 14.2. The van der Waals surface area contributed by atoms with Gasteiger partial charge in [-0.1, -0.05) is 0 Å². The van der Waals surface area contributed by atoms with E-state index in [9.17, 15) is 18.0 Å². The number of benzene rings is 1. The first-order valence-corrected chi connectivity index (χ1v) is 8.12. The van der Waals surface area contributed by atoms with E-state index >= 15 is 0 Å². The largest absolute Gasteiger partial charge is 0.447 e. The lowest BCUT2D eigenvalue weighted by Crippen LogP contribution is -2.38. The summed E-state index contributed by atoms with van der Waals surface area (Å²) in [5, 5.41) is 9.28. The second-order valence-electron chi connectivity index (χ2n) is 5.40. The molecule has 0 unspecified atom stereocenters. The van der Waals surface area contributed by atoms with Crippen molar-refractivity contribution in [3.63, 3.8) is 0 Å². The molecule has 0 fully saturated rings. The van der Waals surface area contributed by atoms with Crippen LogP contribution >= 0.6 is 11.3 Å². The Balaban J connectivity index is 2.11. The molecule has 0 aliphatic rings. The highest BCUT2D eigenvalue weighted by molar-refractivity contribution is 7.11. The van der Waals surface area contributed by atoms with Crippen molar-refractivity contribution in [2.75, 3.05) is 7.05 Å². The molecule has 1 aromatic carbocycles. The summed E-state index contributed by atoms with van der Waals surface area (Å²) < 4.78 is 45.8.